The molecular weight excluding hydrogens is 446 g/mol. The zero-order valence-corrected chi connectivity index (χ0v) is 18.2. The number of ketones is 1. The van der Waals surface area contributed by atoms with E-state index in [1.165, 1.54) is 12.1 Å². The summed E-state index contributed by atoms with van der Waals surface area (Å²) in [7, 11) is -4.03. The second kappa shape index (κ2) is 10.2. The van der Waals surface area contributed by atoms with Gasteiger partial charge in [-0.1, -0.05) is 66.7 Å². The maximum atomic E-state index is 12.8. The molecule has 33 heavy (non-hydrogen) atoms. The number of sulfonamides is 1. The molecule has 0 heterocycles. The molecule has 0 aliphatic rings. The molecule has 0 fully saturated rings. The van der Waals surface area contributed by atoms with Gasteiger partial charge >= 0.3 is 11.9 Å². The SMILES string of the molecule is O=C(O)CN(CCc1cccc2c(C(=O)C(=O)O)cccc12)S(=O)(=O)C=Cc1ccccc1. The highest BCUT2D eigenvalue weighted by molar-refractivity contribution is 7.92. The van der Waals surface area contributed by atoms with Gasteiger partial charge in [0.2, 0.25) is 10.0 Å². The topological polar surface area (TPSA) is 129 Å². The molecule has 0 unspecified atom stereocenters. The quantitative estimate of drug-likeness (QED) is 0.346. The van der Waals surface area contributed by atoms with Gasteiger partial charge in [-0.2, -0.15) is 4.31 Å². The van der Waals surface area contributed by atoms with Crippen LogP contribution in [0.4, 0.5) is 0 Å². The number of rotatable bonds is 10. The molecule has 0 aliphatic heterocycles. The fraction of sp³-hybridized carbons (Fsp3) is 0.125. The van der Waals surface area contributed by atoms with Gasteiger partial charge in [-0.05, 0) is 34.4 Å². The number of aliphatic carboxylic acids is 2. The van der Waals surface area contributed by atoms with Crippen molar-refractivity contribution in [3.63, 3.8) is 0 Å². The number of nitrogens with zero attached hydrogens (tertiary/aromatic N) is 1. The van der Waals surface area contributed by atoms with Gasteiger partial charge in [0.15, 0.2) is 0 Å². The normalized spacial score (nSPS) is 11.8. The highest BCUT2D eigenvalue weighted by Gasteiger charge is 2.23. The summed E-state index contributed by atoms with van der Waals surface area (Å²) >= 11 is 0. The molecule has 0 radical (unpaired) electrons. The van der Waals surface area contributed by atoms with Crippen molar-refractivity contribution < 1.29 is 33.0 Å². The Bertz CT molecular complexity index is 1330. The zero-order chi connectivity index (χ0) is 24.0. The maximum Gasteiger partial charge on any atom is 0.377 e. The van der Waals surface area contributed by atoms with Gasteiger partial charge in [0.05, 0.1) is 0 Å². The van der Waals surface area contributed by atoms with Gasteiger partial charge in [0.25, 0.3) is 5.78 Å². The van der Waals surface area contributed by atoms with Gasteiger partial charge in [0.1, 0.15) is 6.54 Å². The number of benzene rings is 3. The fourth-order valence-corrected chi connectivity index (χ4v) is 4.55. The molecule has 170 valence electrons. The third kappa shape index (κ3) is 5.91. The van der Waals surface area contributed by atoms with Crippen molar-refractivity contribution in [2.75, 3.05) is 13.1 Å². The van der Waals surface area contributed by atoms with E-state index in [-0.39, 0.29) is 18.5 Å². The average Bonchev–Trinajstić information content (AvgIpc) is 2.80. The molecule has 0 saturated carbocycles. The van der Waals surface area contributed by atoms with E-state index in [9.17, 15) is 27.9 Å². The summed E-state index contributed by atoms with van der Waals surface area (Å²) < 4.78 is 26.5. The number of fused-ring (bicyclic) bond motifs is 1. The number of carboxylic acid groups (broad SMARTS) is 2. The van der Waals surface area contributed by atoms with Gasteiger partial charge in [0, 0.05) is 17.5 Å². The molecule has 0 amide bonds. The molecule has 3 aromatic rings. The lowest BCUT2D eigenvalue weighted by molar-refractivity contribution is -0.137. The molecule has 0 atom stereocenters. The molecule has 0 aliphatic carbocycles. The molecule has 2 N–H and O–H groups in total. The molecule has 3 rings (SSSR count). The first-order valence-electron chi connectivity index (χ1n) is 9.92. The number of hydrogen-bond acceptors (Lipinski definition) is 5. The molecule has 3 aromatic carbocycles. The Morgan fingerprint density at radius 2 is 1.52 bits per heavy atom. The van der Waals surface area contributed by atoms with Crippen LogP contribution in [0.15, 0.2) is 72.1 Å². The van der Waals surface area contributed by atoms with Gasteiger partial charge in [-0.15, -0.1) is 0 Å². The number of carboxylic acids is 2. The van der Waals surface area contributed by atoms with Crippen molar-refractivity contribution in [2.45, 2.75) is 6.42 Å². The molecule has 0 aromatic heterocycles. The van der Waals surface area contributed by atoms with E-state index in [2.05, 4.69) is 0 Å². The van der Waals surface area contributed by atoms with Crippen LogP contribution in [0.5, 0.6) is 0 Å². The Labute approximate surface area is 190 Å². The number of hydrogen-bond donors (Lipinski definition) is 2. The smallest absolute Gasteiger partial charge is 0.377 e. The summed E-state index contributed by atoms with van der Waals surface area (Å²) in [5.41, 5.74) is 1.34. The van der Waals surface area contributed by atoms with E-state index in [1.54, 1.807) is 60.7 Å². The lowest BCUT2D eigenvalue weighted by Gasteiger charge is -2.19. The molecule has 8 nitrogen and oxygen atoms in total. The minimum atomic E-state index is -4.03. The predicted molar refractivity (Wildman–Crippen MR) is 123 cm³/mol. The van der Waals surface area contributed by atoms with Crippen molar-refractivity contribution in [1.82, 2.24) is 4.31 Å². The summed E-state index contributed by atoms with van der Waals surface area (Å²) in [5, 5.41) is 20.3. The van der Waals surface area contributed by atoms with Crippen LogP contribution in [-0.4, -0.2) is 53.7 Å². The highest BCUT2D eigenvalue weighted by Crippen LogP contribution is 2.24. The zero-order valence-electron chi connectivity index (χ0n) is 17.4. The predicted octanol–water partition coefficient (Wildman–Crippen LogP) is 3.04. The van der Waals surface area contributed by atoms with Crippen molar-refractivity contribution in [3.05, 3.63) is 88.8 Å². The van der Waals surface area contributed by atoms with Crippen LogP contribution in [0.25, 0.3) is 16.8 Å². The summed E-state index contributed by atoms with van der Waals surface area (Å²) in [6, 6.07) is 18.4. The van der Waals surface area contributed by atoms with E-state index >= 15 is 0 Å². The molecule has 0 spiro atoms. The van der Waals surface area contributed by atoms with Crippen LogP contribution < -0.4 is 0 Å². The second-order valence-electron chi connectivity index (χ2n) is 7.19. The van der Waals surface area contributed by atoms with Crippen LogP contribution in [-0.2, 0) is 26.0 Å². The summed E-state index contributed by atoms with van der Waals surface area (Å²) in [6.45, 7) is -0.834. The van der Waals surface area contributed by atoms with Gasteiger partial charge in [-0.25, -0.2) is 13.2 Å². The van der Waals surface area contributed by atoms with E-state index in [0.29, 0.717) is 21.9 Å². The Balaban J connectivity index is 1.89. The van der Waals surface area contributed by atoms with Crippen molar-refractivity contribution in [2.24, 2.45) is 0 Å². The van der Waals surface area contributed by atoms with Crippen LogP contribution in [0.2, 0.25) is 0 Å². The van der Waals surface area contributed by atoms with Crippen LogP contribution in [0, 0.1) is 0 Å². The number of carbonyl (C=O) groups is 3. The Kier molecular flexibility index (Phi) is 7.37. The van der Waals surface area contributed by atoms with E-state index < -0.39 is 34.3 Å². The highest BCUT2D eigenvalue weighted by atomic mass is 32.2. The Hall–Kier alpha value is -3.82. The summed E-state index contributed by atoms with van der Waals surface area (Å²) in [6.07, 6.45) is 1.56. The first-order valence-corrected chi connectivity index (χ1v) is 11.4. The number of carbonyl (C=O) groups excluding carboxylic acids is 1. The molecule has 0 saturated heterocycles. The fourth-order valence-electron chi connectivity index (χ4n) is 3.41. The Morgan fingerprint density at radius 3 is 2.18 bits per heavy atom. The number of Topliss-reactive ketones (excluding diaryl/α,β-unsaturated/α-hetero) is 1. The Morgan fingerprint density at radius 1 is 0.848 bits per heavy atom. The minimum absolute atomic E-state index is 0.0302. The van der Waals surface area contributed by atoms with Crippen LogP contribution in [0.1, 0.15) is 21.5 Å². The molecule has 9 heteroatoms. The van der Waals surface area contributed by atoms with Gasteiger partial charge in [-0.3, -0.25) is 9.59 Å². The molecule has 0 bridgehead atoms. The van der Waals surface area contributed by atoms with E-state index in [4.69, 9.17) is 5.11 Å². The van der Waals surface area contributed by atoms with Crippen LogP contribution in [0.3, 0.4) is 0 Å². The lowest BCUT2D eigenvalue weighted by Crippen LogP contribution is -2.36. The van der Waals surface area contributed by atoms with E-state index in [1.807, 2.05) is 0 Å². The maximum absolute atomic E-state index is 12.8. The van der Waals surface area contributed by atoms with Gasteiger partial charge < -0.3 is 10.2 Å². The minimum Gasteiger partial charge on any atom is -0.480 e. The monoisotopic (exact) mass is 467 g/mol. The largest absolute Gasteiger partial charge is 0.480 e. The third-order valence-electron chi connectivity index (χ3n) is 4.99. The summed E-state index contributed by atoms with van der Waals surface area (Å²) in [4.78, 5) is 34.5. The van der Waals surface area contributed by atoms with Crippen molar-refractivity contribution in [3.8, 4) is 0 Å². The second-order valence-corrected chi connectivity index (χ2v) is 9.01. The molecular formula is C24H21NO7S. The standard InChI is InChI=1S/C24H21NO7S/c26-22(27)16-25(33(31,32)15-13-17-6-2-1-3-7-17)14-12-18-8-4-10-20-19(18)9-5-11-21(20)23(28)24(29)30/h1-11,13,15H,12,14,16H2,(H,26,27)(H,29,30). The summed E-state index contributed by atoms with van der Waals surface area (Å²) in [5.74, 6) is -3.91. The van der Waals surface area contributed by atoms with E-state index in [0.717, 1.165) is 9.71 Å². The first kappa shape index (κ1) is 23.8. The van der Waals surface area contributed by atoms with Crippen molar-refractivity contribution in [1.29, 1.82) is 0 Å². The van der Waals surface area contributed by atoms with Crippen LogP contribution >= 0.6 is 0 Å². The lowest BCUT2D eigenvalue weighted by atomic mass is 9.96. The first-order chi connectivity index (χ1) is 15.7. The van der Waals surface area contributed by atoms with Crippen molar-refractivity contribution >= 4 is 44.6 Å². The average molecular weight is 467 g/mol. The third-order valence-corrected chi connectivity index (χ3v) is 6.50.